The van der Waals surface area contributed by atoms with Gasteiger partial charge in [0.15, 0.2) is 0 Å². The Balaban J connectivity index is 1.84. The summed E-state index contributed by atoms with van der Waals surface area (Å²) in [5, 5.41) is 8.94. The van der Waals surface area contributed by atoms with E-state index in [0.29, 0.717) is 0 Å². The minimum atomic E-state index is 0.119. The molecule has 0 aliphatic carbocycles. The van der Waals surface area contributed by atoms with E-state index in [4.69, 9.17) is 5.11 Å². The summed E-state index contributed by atoms with van der Waals surface area (Å²) < 4.78 is 1.11. The van der Waals surface area contributed by atoms with Crippen molar-refractivity contribution >= 4 is 27.9 Å². The lowest BCUT2D eigenvalue weighted by atomic mass is 10.2. The molecule has 1 aromatic carbocycles. The highest BCUT2D eigenvalue weighted by Crippen LogP contribution is 2.28. The van der Waals surface area contributed by atoms with Crippen LogP contribution in [0.25, 0.3) is 0 Å². The Hall–Kier alpha value is -0.450. The molecule has 4 heteroatoms. The zero-order valence-electron chi connectivity index (χ0n) is 8.30. The lowest BCUT2D eigenvalue weighted by Gasteiger charge is -1.99. The van der Waals surface area contributed by atoms with E-state index in [9.17, 15) is 0 Å². The molecule has 0 saturated carbocycles. The molecule has 1 aromatic rings. The molecule has 80 valence electrons. The van der Waals surface area contributed by atoms with Gasteiger partial charge in [0.25, 0.3) is 0 Å². The van der Waals surface area contributed by atoms with E-state index in [0.717, 1.165) is 15.9 Å². The summed E-state index contributed by atoms with van der Waals surface area (Å²) in [6.07, 6.45) is 0. The summed E-state index contributed by atoms with van der Waals surface area (Å²) >= 11 is 3.51. The van der Waals surface area contributed by atoms with Crippen LogP contribution in [0.15, 0.2) is 35.3 Å². The normalized spacial score (nSPS) is 20.3. The van der Waals surface area contributed by atoms with Crippen LogP contribution in [0.3, 0.4) is 0 Å². The molecule has 0 aromatic heterocycles. The third-order valence-corrected chi connectivity index (χ3v) is 4.54. The molecule has 1 aliphatic heterocycles. The third-order valence-electron chi connectivity index (χ3n) is 2.10. The minimum absolute atomic E-state index is 0.119. The van der Waals surface area contributed by atoms with Crippen LogP contribution in [0.5, 0.6) is 0 Å². The number of aliphatic imine (C=N–C) groups is 1. The molecule has 0 bridgehead atoms. The Morgan fingerprint density at radius 2 is 2.20 bits per heavy atom. The second-order valence-electron chi connectivity index (χ2n) is 3.32. The molecule has 0 saturated heterocycles. The third kappa shape index (κ3) is 3.26. The summed E-state index contributed by atoms with van der Waals surface area (Å²) in [5.41, 5.74) is 1.32. The fourth-order valence-corrected chi connectivity index (χ4v) is 3.44. The average molecular weight is 239 g/mol. The minimum Gasteiger partial charge on any atom is -0.394 e. The van der Waals surface area contributed by atoms with Gasteiger partial charge in [0.1, 0.15) is 4.38 Å². The molecule has 1 heterocycles. The van der Waals surface area contributed by atoms with E-state index in [1.807, 2.05) is 6.07 Å². The van der Waals surface area contributed by atoms with E-state index in [1.165, 1.54) is 5.56 Å². The van der Waals surface area contributed by atoms with Crippen LogP contribution in [0.4, 0.5) is 0 Å². The molecule has 0 fully saturated rings. The Morgan fingerprint density at radius 1 is 1.40 bits per heavy atom. The fraction of sp³-hybridized carbons (Fsp3) is 0.364. The summed E-state index contributed by atoms with van der Waals surface area (Å²) in [6, 6.07) is 10.5. The highest BCUT2D eigenvalue weighted by molar-refractivity contribution is 8.38. The maximum absolute atomic E-state index is 8.94. The summed E-state index contributed by atoms with van der Waals surface area (Å²) in [6.45, 7) is 0.169. The van der Waals surface area contributed by atoms with E-state index < -0.39 is 0 Å². The number of thioether (sulfide) groups is 2. The first-order chi connectivity index (χ1) is 7.38. The molecular weight excluding hydrogens is 226 g/mol. The van der Waals surface area contributed by atoms with Gasteiger partial charge in [0, 0.05) is 11.5 Å². The van der Waals surface area contributed by atoms with Gasteiger partial charge in [-0.05, 0) is 5.56 Å². The van der Waals surface area contributed by atoms with Crippen LogP contribution in [-0.4, -0.2) is 27.9 Å². The van der Waals surface area contributed by atoms with Gasteiger partial charge in [-0.25, -0.2) is 0 Å². The van der Waals surface area contributed by atoms with Gasteiger partial charge in [-0.1, -0.05) is 53.9 Å². The van der Waals surface area contributed by atoms with Crippen LogP contribution in [0.2, 0.25) is 0 Å². The zero-order chi connectivity index (χ0) is 10.5. The van der Waals surface area contributed by atoms with Gasteiger partial charge in [-0.15, -0.1) is 0 Å². The number of aliphatic hydroxyl groups excluding tert-OH is 1. The van der Waals surface area contributed by atoms with E-state index in [1.54, 1.807) is 23.5 Å². The first kappa shape index (κ1) is 11.0. The first-order valence-electron chi connectivity index (χ1n) is 4.86. The van der Waals surface area contributed by atoms with Crippen LogP contribution in [0, 0.1) is 0 Å². The molecule has 0 amide bonds. The van der Waals surface area contributed by atoms with Crippen LogP contribution < -0.4 is 0 Å². The van der Waals surface area contributed by atoms with Gasteiger partial charge < -0.3 is 5.11 Å². The van der Waals surface area contributed by atoms with Crippen molar-refractivity contribution in [2.24, 2.45) is 4.99 Å². The second kappa shape index (κ2) is 5.58. The molecule has 0 radical (unpaired) electrons. The smallest absolute Gasteiger partial charge is 0.125 e. The SMILES string of the molecule is OC[C@@H]1CSC(SCc2ccccc2)=N1. The zero-order valence-corrected chi connectivity index (χ0v) is 9.93. The van der Waals surface area contributed by atoms with E-state index in [-0.39, 0.29) is 12.6 Å². The van der Waals surface area contributed by atoms with Gasteiger partial charge in [0.2, 0.25) is 0 Å². The summed E-state index contributed by atoms with van der Waals surface area (Å²) in [7, 11) is 0. The molecular formula is C11H13NOS2. The fourth-order valence-electron chi connectivity index (χ4n) is 1.28. The van der Waals surface area contributed by atoms with Gasteiger partial charge in [-0.2, -0.15) is 0 Å². The van der Waals surface area contributed by atoms with Crippen molar-refractivity contribution in [1.82, 2.24) is 0 Å². The molecule has 1 atom stereocenters. The average Bonchev–Trinajstić information content (AvgIpc) is 2.76. The predicted octanol–water partition coefficient (Wildman–Crippen LogP) is 2.38. The second-order valence-corrected chi connectivity index (χ2v) is 5.55. The van der Waals surface area contributed by atoms with Crippen molar-refractivity contribution < 1.29 is 5.11 Å². The van der Waals surface area contributed by atoms with Crippen LogP contribution >= 0.6 is 23.5 Å². The summed E-state index contributed by atoms with van der Waals surface area (Å²) in [5.74, 6) is 1.89. The largest absolute Gasteiger partial charge is 0.394 e. The number of hydrogen-bond donors (Lipinski definition) is 1. The van der Waals surface area contributed by atoms with Crippen molar-refractivity contribution in [2.45, 2.75) is 11.8 Å². The first-order valence-corrected chi connectivity index (χ1v) is 6.84. The highest BCUT2D eigenvalue weighted by Gasteiger charge is 2.17. The Morgan fingerprint density at radius 3 is 2.87 bits per heavy atom. The van der Waals surface area contributed by atoms with Gasteiger partial charge in [-0.3, -0.25) is 4.99 Å². The van der Waals surface area contributed by atoms with Gasteiger partial charge >= 0.3 is 0 Å². The molecule has 0 unspecified atom stereocenters. The van der Waals surface area contributed by atoms with Crippen molar-refractivity contribution in [2.75, 3.05) is 12.4 Å². The van der Waals surface area contributed by atoms with Crippen LogP contribution in [0.1, 0.15) is 5.56 Å². The lowest BCUT2D eigenvalue weighted by Crippen LogP contribution is -2.08. The van der Waals surface area contributed by atoms with Crippen molar-refractivity contribution in [1.29, 1.82) is 0 Å². The monoisotopic (exact) mass is 239 g/mol. The number of rotatable bonds is 3. The van der Waals surface area contributed by atoms with Crippen molar-refractivity contribution in [3.05, 3.63) is 35.9 Å². The van der Waals surface area contributed by atoms with Gasteiger partial charge in [0.05, 0.1) is 12.6 Å². The van der Waals surface area contributed by atoms with E-state index >= 15 is 0 Å². The molecule has 1 aliphatic rings. The number of benzene rings is 1. The quantitative estimate of drug-likeness (QED) is 0.879. The van der Waals surface area contributed by atoms with Crippen LogP contribution in [-0.2, 0) is 5.75 Å². The number of hydrogen-bond acceptors (Lipinski definition) is 4. The maximum Gasteiger partial charge on any atom is 0.125 e. The predicted molar refractivity (Wildman–Crippen MR) is 68.5 cm³/mol. The lowest BCUT2D eigenvalue weighted by molar-refractivity contribution is 0.277. The topological polar surface area (TPSA) is 32.6 Å². The maximum atomic E-state index is 8.94. The van der Waals surface area contributed by atoms with Crippen molar-refractivity contribution in [3.63, 3.8) is 0 Å². The Labute approximate surface area is 98.2 Å². The molecule has 15 heavy (non-hydrogen) atoms. The Kier molecular flexibility index (Phi) is 4.11. The molecule has 2 rings (SSSR count). The standard InChI is InChI=1S/C11H13NOS2/c13-6-10-8-15-11(12-10)14-7-9-4-2-1-3-5-9/h1-5,10,13H,6-8H2/t10-/m1/s1. The number of nitrogens with zero attached hydrogens (tertiary/aromatic N) is 1. The Bertz CT molecular complexity index is 340. The number of aliphatic hydroxyl groups is 1. The molecule has 1 N–H and O–H groups in total. The highest BCUT2D eigenvalue weighted by atomic mass is 32.2. The molecule has 2 nitrogen and oxygen atoms in total. The van der Waals surface area contributed by atoms with Crippen molar-refractivity contribution in [3.8, 4) is 0 Å². The summed E-state index contributed by atoms with van der Waals surface area (Å²) in [4.78, 5) is 4.41. The molecule has 0 spiro atoms. The van der Waals surface area contributed by atoms with E-state index in [2.05, 4.69) is 29.3 Å².